The van der Waals surface area contributed by atoms with E-state index in [-0.39, 0.29) is 30.1 Å². The Hall–Kier alpha value is -2.38. The molecule has 1 aliphatic heterocycles. The van der Waals surface area contributed by atoms with E-state index in [1.54, 1.807) is 17.4 Å². The van der Waals surface area contributed by atoms with Crippen molar-refractivity contribution < 1.29 is 14.4 Å². The summed E-state index contributed by atoms with van der Waals surface area (Å²) in [5.41, 5.74) is 1.83. The predicted molar refractivity (Wildman–Crippen MR) is 100 cm³/mol. The van der Waals surface area contributed by atoms with Crippen LogP contribution < -0.4 is 5.32 Å². The first-order valence-electron chi connectivity index (χ1n) is 7.71. The number of imide groups is 1. The van der Waals surface area contributed by atoms with Crippen molar-refractivity contribution in [2.24, 2.45) is 0 Å². The second-order valence-electron chi connectivity index (χ2n) is 5.40. The Morgan fingerprint density at radius 1 is 1.16 bits per heavy atom. The number of nitrogens with one attached hydrogen (secondary N) is 1. The molecule has 2 heterocycles. The van der Waals surface area contributed by atoms with Crippen LogP contribution in [0.3, 0.4) is 0 Å². The van der Waals surface area contributed by atoms with Gasteiger partial charge in [-0.3, -0.25) is 19.3 Å². The summed E-state index contributed by atoms with van der Waals surface area (Å²) in [5.74, 6) is -0.434. The van der Waals surface area contributed by atoms with Crippen molar-refractivity contribution in [2.75, 3.05) is 13.1 Å². The van der Waals surface area contributed by atoms with Gasteiger partial charge in [-0.2, -0.15) is 11.3 Å². The minimum Gasteiger partial charge on any atom is -0.354 e. The van der Waals surface area contributed by atoms with Crippen LogP contribution in [0.5, 0.6) is 0 Å². The molecular formula is C18H16N2O3S2. The Kier molecular flexibility index (Phi) is 5.67. The second-order valence-corrected chi connectivity index (χ2v) is 7.18. The van der Waals surface area contributed by atoms with Crippen LogP contribution in [-0.4, -0.2) is 35.0 Å². The van der Waals surface area contributed by atoms with Crippen molar-refractivity contribution in [3.05, 3.63) is 63.2 Å². The maximum atomic E-state index is 12.4. The van der Waals surface area contributed by atoms with Crippen LogP contribution in [0.25, 0.3) is 6.08 Å². The summed E-state index contributed by atoms with van der Waals surface area (Å²) in [7, 11) is 0. The molecule has 0 atom stereocenters. The van der Waals surface area contributed by atoms with Gasteiger partial charge in [-0.1, -0.05) is 30.3 Å². The van der Waals surface area contributed by atoms with Gasteiger partial charge < -0.3 is 5.32 Å². The zero-order chi connectivity index (χ0) is 17.6. The number of benzene rings is 1. The normalized spacial score (nSPS) is 15.8. The Bertz CT molecular complexity index is 801. The van der Waals surface area contributed by atoms with Crippen LogP contribution in [0.4, 0.5) is 4.79 Å². The largest absolute Gasteiger partial charge is 0.354 e. The minimum atomic E-state index is -0.314. The lowest BCUT2D eigenvalue weighted by atomic mass is 10.2. The van der Waals surface area contributed by atoms with Gasteiger partial charge in [-0.15, -0.1) is 0 Å². The Labute approximate surface area is 153 Å². The number of thiophene rings is 1. The van der Waals surface area contributed by atoms with Crippen LogP contribution >= 0.6 is 23.1 Å². The van der Waals surface area contributed by atoms with E-state index in [4.69, 9.17) is 0 Å². The summed E-state index contributed by atoms with van der Waals surface area (Å²) in [5, 5.41) is 6.28. The fourth-order valence-corrected chi connectivity index (χ4v) is 3.88. The number of thioether (sulfide) groups is 1. The number of hydrogen-bond donors (Lipinski definition) is 1. The lowest BCUT2D eigenvalue weighted by Gasteiger charge is -2.12. The van der Waals surface area contributed by atoms with Gasteiger partial charge in [-0.05, 0) is 45.8 Å². The lowest BCUT2D eigenvalue weighted by molar-refractivity contribution is -0.124. The first kappa shape index (κ1) is 17.4. The minimum absolute atomic E-state index is 0.120. The molecule has 2 aromatic rings. The highest BCUT2D eigenvalue weighted by Gasteiger charge is 2.34. The fourth-order valence-electron chi connectivity index (χ4n) is 2.34. The number of amides is 3. The average molecular weight is 372 g/mol. The van der Waals surface area contributed by atoms with Crippen LogP contribution in [0, 0.1) is 0 Å². The molecule has 1 saturated heterocycles. The highest BCUT2D eigenvalue weighted by Crippen LogP contribution is 2.31. The van der Waals surface area contributed by atoms with Crippen LogP contribution in [-0.2, 0) is 16.0 Å². The van der Waals surface area contributed by atoms with Gasteiger partial charge in [0.25, 0.3) is 11.1 Å². The van der Waals surface area contributed by atoms with Crippen molar-refractivity contribution in [2.45, 2.75) is 6.42 Å². The van der Waals surface area contributed by atoms with Gasteiger partial charge in [0.05, 0.1) is 11.3 Å². The zero-order valence-corrected chi connectivity index (χ0v) is 14.9. The number of carbonyl (C=O) groups excluding carboxylic acids is 3. The lowest BCUT2D eigenvalue weighted by Crippen LogP contribution is -2.37. The molecule has 0 radical (unpaired) electrons. The molecule has 5 nitrogen and oxygen atoms in total. The molecule has 1 aromatic heterocycles. The summed E-state index contributed by atoms with van der Waals surface area (Å²) >= 11 is 2.47. The van der Waals surface area contributed by atoms with E-state index in [9.17, 15) is 14.4 Å². The molecule has 7 heteroatoms. The molecule has 25 heavy (non-hydrogen) atoms. The SMILES string of the molecule is O=C(Cc1ccsc1)NCCN1C(=O)SC(=Cc2ccccc2)C1=O. The topological polar surface area (TPSA) is 66.5 Å². The van der Waals surface area contributed by atoms with E-state index in [0.717, 1.165) is 22.9 Å². The van der Waals surface area contributed by atoms with Crippen molar-refractivity contribution in [1.29, 1.82) is 0 Å². The Balaban J connectivity index is 1.53. The smallest absolute Gasteiger partial charge is 0.293 e. The van der Waals surface area contributed by atoms with Gasteiger partial charge in [0.15, 0.2) is 0 Å². The Morgan fingerprint density at radius 2 is 1.96 bits per heavy atom. The summed E-state index contributed by atoms with van der Waals surface area (Å²) in [6.07, 6.45) is 2.01. The monoisotopic (exact) mass is 372 g/mol. The standard InChI is InChI=1S/C18H16N2O3S2/c21-16(11-14-6-9-24-12-14)19-7-8-20-17(22)15(25-18(20)23)10-13-4-2-1-3-5-13/h1-6,9-10,12H,7-8,11H2,(H,19,21). The van der Waals surface area contributed by atoms with Crippen LogP contribution in [0.1, 0.15) is 11.1 Å². The second kappa shape index (κ2) is 8.13. The van der Waals surface area contributed by atoms with E-state index in [2.05, 4.69) is 5.32 Å². The summed E-state index contributed by atoms with van der Waals surface area (Å²) < 4.78 is 0. The maximum absolute atomic E-state index is 12.4. The molecule has 3 amide bonds. The molecule has 0 spiro atoms. The van der Waals surface area contributed by atoms with Crippen LogP contribution in [0.15, 0.2) is 52.1 Å². The summed E-state index contributed by atoms with van der Waals surface area (Å²) in [6.45, 7) is 0.422. The highest BCUT2D eigenvalue weighted by molar-refractivity contribution is 8.18. The maximum Gasteiger partial charge on any atom is 0.293 e. The summed E-state index contributed by atoms with van der Waals surface area (Å²) in [4.78, 5) is 37.8. The third-order valence-corrected chi connectivity index (χ3v) is 5.21. The van der Waals surface area contributed by atoms with Crippen LogP contribution in [0.2, 0.25) is 0 Å². The van der Waals surface area contributed by atoms with E-state index in [1.165, 1.54) is 4.90 Å². The van der Waals surface area contributed by atoms with Gasteiger partial charge in [-0.25, -0.2) is 0 Å². The zero-order valence-electron chi connectivity index (χ0n) is 13.3. The molecule has 0 bridgehead atoms. The number of rotatable bonds is 6. The van der Waals surface area contributed by atoms with E-state index >= 15 is 0 Å². The molecule has 0 unspecified atom stereocenters. The fraction of sp³-hybridized carbons (Fsp3) is 0.167. The highest BCUT2D eigenvalue weighted by atomic mass is 32.2. The van der Waals surface area contributed by atoms with Crippen molar-refractivity contribution in [3.63, 3.8) is 0 Å². The molecule has 1 N–H and O–H groups in total. The number of hydrogen-bond acceptors (Lipinski definition) is 5. The first-order chi connectivity index (χ1) is 12.1. The van der Waals surface area contributed by atoms with E-state index in [1.807, 2.05) is 47.2 Å². The third-order valence-electron chi connectivity index (χ3n) is 3.57. The van der Waals surface area contributed by atoms with E-state index < -0.39 is 0 Å². The van der Waals surface area contributed by atoms with Gasteiger partial charge in [0, 0.05) is 13.1 Å². The average Bonchev–Trinajstić information content (AvgIpc) is 3.19. The van der Waals surface area contributed by atoms with E-state index in [0.29, 0.717) is 11.3 Å². The molecule has 0 saturated carbocycles. The molecule has 1 fully saturated rings. The van der Waals surface area contributed by atoms with Crippen molar-refractivity contribution >= 4 is 46.2 Å². The van der Waals surface area contributed by atoms with Gasteiger partial charge in [0.1, 0.15) is 0 Å². The molecule has 0 aliphatic carbocycles. The first-order valence-corrected chi connectivity index (χ1v) is 9.47. The predicted octanol–water partition coefficient (Wildman–Crippen LogP) is 3.14. The number of nitrogens with zero attached hydrogens (tertiary/aromatic N) is 1. The molecule has 1 aromatic carbocycles. The molecular weight excluding hydrogens is 356 g/mol. The number of carbonyl (C=O) groups is 3. The Morgan fingerprint density at radius 3 is 2.68 bits per heavy atom. The molecule has 1 aliphatic rings. The molecule has 3 rings (SSSR count). The third kappa shape index (κ3) is 4.58. The van der Waals surface area contributed by atoms with Gasteiger partial charge in [0.2, 0.25) is 5.91 Å². The van der Waals surface area contributed by atoms with Crippen molar-refractivity contribution in [3.8, 4) is 0 Å². The summed E-state index contributed by atoms with van der Waals surface area (Å²) in [6, 6.07) is 11.3. The molecule has 128 valence electrons. The van der Waals surface area contributed by atoms with Gasteiger partial charge >= 0.3 is 0 Å². The van der Waals surface area contributed by atoms with Crippen molar-refractivity contribution in [1.82, 2.24) is 10.2 Å². The quantitative estimate of drug-likeness (QED) is 0.791.